The van der Waals surface area contributed by atoms with Gasteiger partial charge in [0.25, 0.3) is 0 Å². The lowest BCUT2D eigenvalue weighted by Gasteiger charge is -2.01. The lowest BCUT2D eigenvalue weighted by Crippen LogP contribution is -2.30. The third-order valence-electron chi connectivity index (χ3n) is 1.36. The van der Waals surface area contributed by atoms with Crippen LogP contribution in [0.3, 0.4) is 0 Å². The summed E-state index contributed by atoms with van der Waals surface area (Å²) in [5.74, 6) is 0. The van der Waals surface area contributed by atoms with E-state index in [1.807, 2.05) is 0 Å². The molecule has 2 amide bonds. The molecule has 8 heteroatoms. The maximum Gasteiger partial charge on any atom is 0.312 e. The highest BCUT2D eigenvalue weighted by Gasteiger charge is 1.99. The van der Waals surface area contributed by atoms with Crippen LogP contribution < -0.4 is 11.1 Å². The third-order valence-corrected chi connectivity index (χ3v) is 1.68. The second-order valence-electron chi connectivity index (χ2n) is 2.35. The minimum Gasteiger partial charge on any atom is -0.352 e. The average Bonchev–Trinajstić information content (AvgIpc) is 2.45. The van der Waals surface area contributed by atoms with Crippen molar-refractivity contribution in [1.82, 2.24) is 25.5 Å². The zero-order valence-corrected chi connectivity index (χ0v) is 7.74. The van der Waals surface area contributed by atoms with E-state index in [4.69, 9.17) is 5.73 Å². The zero-order valence-electron chi connectivity index (χ0n) is 6.84. The molecule has 0 aromatic carbocycles. The van der Waals surface area contributed by atoms with Gasteiger partial charge in [-0.25, -0.2) is 9.48 Å². The molecule has 0 bridgehead atoms. The predicted molar refractivity (Wildman–Crippen MR) is 47.3 cm³/mol. The number of nitrogens with two attached hydrogens (primary N) is 1. The van der Waals surface area contributed by atoms with Crippen molar-refractivity contribution in [3.63, 3.8) is 0 Å². The molecule has 1 aromatic rings. The number of carbonyl (C=O) groups excluding carboxylic acids is 1. The number of urea groups is 1. The minimum absolute atomic E-state index is 0.457. The van der Waals surface area contributed by atoms with E-state index in [2.05, 4.69) is 33.5 Å². The number of carbonyl (C=O) groups is 1. The molecule has 0 aliphatic heterocycles. The van der Waals surface area contributed by atoms with Gasteiger partial charge in [-0.1, -0.05) is 0 Å². The van der Waals surface area contributed by atoms with Crippen molar-refractivity contribution in [3.8, 4) is 0 Å². The minimum atomic E-state index is -0.525. The summed E-state index contributed by atoms with van der Waals surface area (Å²) in [5, 5.41) is 13.6. The van der Waals surface area contributed by atoms with Crippen molar-refractivity contribution in [2.45, 2.75) is 18.1 Å². The molecule has 0 atom stereocenters. The Labute approximate surface area is 80.1 Å². The number of hydrogen-bond acceptors (Lipinski definition) is 5. The van der Waals surface area contributed by atoms with Crippen LogP contribution in [0.2, 0.25) is 0 Å². The zero-order chi connectivity index (χ0) is 9.68. The first-order valence-corrected chi connectivity index (χ1v) is 4.13. The first-order chi connectivity index (χ1) is 6.20. The maximum absolute atomic E-state index is 10.3. The quantitative estimate of drug-likeness (QED) is 0.431. The van der Waals surface area contributed by atoms with Crippen molar-refractivity contribution in [1.29, 1.82) is 0 Å². The highest BCUT2D eigenvalue weighted by Crippen LogP contribution is 1.97. The second-order valence-corrected chi connectivity index (χ2v) is 2.75. The number of aromatic nitrogens is 4. The Bertz CT molecular complexity index is 286. The lowest BCUT2D eigenvalue weighted by atomic mass is 10.4. The van der Waals surface area contributed by atoms with Gasteiger partial charge in [-0.2, -0.15) is 0 Å². The van der Waals surface area contributed by atoms with Crippen molar-refractivity contribution >= 4 is 18.7 Å². The van der Waals surface area contributed by atoms with Crippen LogP contribution in [0.1, 0.15) is 6.42 Å². The molecule has 0 aliphatic carbocycles. The Morgan fingerprint density at radius 1 is 1.69 bits per heavy atom. The summed E-state index contributed by atoms with van der Waals surface area (Å²) >= 11 is 4.01. The summed E-state index contributed by atoms with van der Waals surface area (Å²) in [6.07, 6.45) is 0.710. The molecule has 72 valence electrons. The summed E-state index contributed by atoms with van der Waals surface area (Å²) in [5.41, 5.74) is 4.87. The number of amides is 2. The van der Waals surface area contributed by atoms with Gasteiger partial charge in [0.1, 0.15) is 0 Å². The molecule has 7 nitrogen and oxygen atoms in total. The summed E-state index contributed by atoms with van der Waals surface area (Å²) in [6.45, 7) is 1.11. The van der Waals surface area contributed by atoms with Gasteiger partial charge in [0.05, 0.1) is 0 Å². The smallest absolute Gasteiger partial charge is 0.312 e. The summed E-state index contributed by atoms with van der Waals surface area (Å²) in [6, 6.07) is -0.525. The first-order valence-electron chi connectivity index (χ1n) is 3.68. The Morgan fingerprint density at radius 2 is 2.46 bits per heavy atom. The normalized spacial score (nSPS) is 9.92. The molecular weight excluding hydrogens is 192 g/mol. The van der Waals surface area contributed by atoms with Crippen LogP contribution in [-0.2, 0) is 6.54 Å². The third kappa shape index (κ3) is 3.28. The first kappa shape index (κ1) is 9.78. The highest BCUT2D eigenvalue weighted by molar-refractivity contribution is 7.80. The monoisotopic (exact) mass is 202 g/mol. The molecule has 0 spiro atoms. The molecule has 1 aromatic heterocycles. The van der Waals surface area contributed by atoms with Crippen molar-refractivity contribution in [2.24, 2.45) is 5.73 Å². The number of tetrazole rings is 1. The molecule has 1 heterocycles. The number of nitrogens with one attached hydrogen (secondary N) is 1. The Balaban J connectivity index is 2.20. The van der Waals surface area contributed by atoms with Crippen molar-refractivity contribution < 1.29 is 4.79 Å². The average molecular weight is 202 g/mol. The fraction of sp³-hybridized carbons (Fsp3) is 0.600. The molecule has 0 fully saturated rings. The topological polar surface area (TPSA) is 98.7 Å². The SMILES string of the molecule is NC(=O)NCCCn1nnnc1S. The van der Waals surface area contributed by atoms with Crippen LogP contribution in [0.15, 0.2) is 5.16 Å². The molecule has 0 aliphatic rings. The van der Waals surface area contributed by atoms with Gasteiger partial charge in [-0.3, -0.25) is 0 Å². The van der Waals surface area contributed by atoms with Crippen LogP contribution in [0.5, 0.6) is 0 Å². The van der Waals surface area contributed by atoms with Gasteiger partial charge in [0.2, 0.25) is 5.16 Å². The molecule has 3 N–H and O–H groups in total. The Kier molecular flexibility index (Phi) is 3.50. The molecule has 0 saturated heterocycles. The van der Waals surface area contributed by atoms with E-state index < -0.39 is 6.03 Å². The molecule has 0 radical (unpaired) electrons. The lowest BCUT2D eigenvalue weighted by molar-refractivity contribution is 0.248. The second kappa shape index (κ2) is 4.65. The van der Waals surface area contributed by atoms with Gasteiger partial charge >= 0.3 is 6.03 Å². The Morgan fingerprint density at radius 3 is 3.00 bits per heavy atom. The van der Waals surface area contributed by atoms with Crippen LogP contribution in [0.25, 0.3) is 0 Å². The van der Waals surface area contributed by atoms with Crippen LogP contribution in [-0.4, -0.2) is 32.8 Å². The van der Waals surface area contributed by atoms with Gasteiger partial charge in [-0.05, 0) is 16.8 Å². The Hall–Kier alpha value is -1.31. The van der Waals surface area contributed by atoms with E-state index in [1.165, 1.54) is 4.68 Å². The van der Waals surface area contributed by atoms with Crippen molar-refractivity contribution in [3.05, 3.63) is 0 Å². The predicted octanol–water partition coefficient (Wildman–Crippen LogP) is -0.980. The standard InChI is InChI=1S/C5H10N6OS/c6-4(12)7-2-1-3-11-5(13)8-9-10-11/h1-3H2,(H3,6,7,12)(H,8,10,13). The van der Waals surface area contributed by atoms with Crippen LogP contribution >= 0.6 is 12.6 Å². The summed E-state index contributed by atoms with van der Waals surface area (Å²) in [7, 11) is 0. The number of thiol groups is 1. The van der Waals surface area contributed by atoms with Crippen molar-refractivity contribution in [2.75, 3.05) is 6.54 Å². The fourth-order valence-corrected chi connectivity index (χ4v) is 0.965. The highest BCUT2D eigenvalue weighted by atomic mass is 32.1. The van der Waals surface area contributed by atoms with E-state index in [0.29, 0.717) is 24.7 Å². The maximum atomic E-state index is 10.3. The number of rotatable bonds is 4. The molecule has 13 heavy (non-hydrogen) atoms. The molecule has 1 rings (SSSR count). The number of primary amides is 1. The summed E-state index contributed by atoms with van der Waals surface area (Å²) in [4.78, 5) is 10.3. The van der Waals surface area contributed by atoms with Gasteiger partial charge in [0.15, 0.2) is 0 Å². The molecule has 0 unspecified atom stereocenters. The van der Waals surface area contributed by atoms with E-state index in [-0.39, 0.29) is 0 Å². The largest absolute Gasteiger partial charge is 0.352 e. The molecular formula is C5H10N6OS. The van der Waals surface area contributed by atoms with E-state index in [9.17, 15) is 4.79 Å². The van der Waals surface area contributed by atoms with E-state index in [0.717, 1.165) is 0 Å². The molecule has 0 saturated carbocycles. The number of nitrogens with zero attached hydrogens (tertiary/aromatic N) is 4. The van der Waals surface area contributed by atoms with Crippen LogP contribution in [0, 0.1) is 0 Å². The van der Waals surface area contributed by atoms with Gasteiger partial charge < -0.3 is 11.1 Å². The fourth-order valence-electron chi connectivity index (χ4n) is 0.785. The van der Waals surface area contributed by atoms with Crippen LogP contribution in [0.4, 0.5) is 4.79 Å². The number of aryl methyl sites for hydroxylation is 1. The summed E-state index contributed by atoms with van der Waals surface area (Å²) < 4.78 is 1.53. The van der Waals surface area contributed by atoms with E-state index in [1.54, 1.807) is 0 Å². The van der Waals surface area contributed by atoms with Gasteiger partial charge in [-0.15, -0.1) is 17.7 Å². The van der Waals surface area contributed by atoms with E-state index >= 15 is 0 Å². The van der Waals surface area contributed by atoms with Gasteiger partial charge in [0, 0.05) is 13.1 Å². The number of hydrogen-bond donors (Lipinski definition) is 3.